The second kappa shape index (κ2) is 11.2. The van der Waals surface area contributed by atoms with Gasteiger partial charge < -0.3 is 15.4 Å². The number of morpholine rings is 1. The van der Waals surface area contributed by atoms with Crippen LogP contribution in [0.25, 0.3) is 0 Å². The molecule has 1 fully saturated rings. The van der Waals surface area contributed by atoms with Crippen LogP contribution in [0.2, 0.25) is 0 Å². The van der Waals surface area contributed by atoms with E-state index in [4.69, 9.17) is 4.74 Å². The van der Waals surface area contributed by atoms with Crippen molar-refractivity contribution >= 4 is 23.2 Å². The zero-order valence-electron chi connectivity index (χ0n) is 17.7. The number of hydrogen-bond acceptors (Lipinski definition) is 5. The molecule has 2 heterocycles. The predicted octanol–water partition coefficient (Wildman–Crippen LogP) is 2.70. The molecule has 3 unspecified atom stereocenters. The molecule has 2 amide bonds. The van der Waals surface area contributed by atoms with Crippen LogP contribution in [0.5, 0.6) is 0 Å². The monoisotopic (exact) mass is 429 g/mol. The molecule has 3 rings (SSSR count). The molecule has 30 heavy (non-hydrogen) atoms. The van der Waals surface area contributed by atoms with Crippen molar-refractivity contribution in [3.05, 3.63) is 58.3 Å². The third kappa shape index (κ3) is 6.93. The van der Waals surface area contributed by atoms with Crippen molar-refractivity contribution in [2.45, 2.75) is 44.9 Å². The molecule has 0 aliphatic carbocycles. The van der Waals surface area contributed by atoms with Gasteiger partial charge in [-0.25, -0.2) is 0 Å². The van der Waals surface area contributed by atoms with Gasteiger partial charge in [-0.3, -0.25) is 14.5 Å². The predicted molar refractivity (Wildman–Crippen MR) is 120 cm³/mol. The van der Waals surface area contributed by atoms with Crippen LogP contribution in [0.3, 0.4) is 0 Å². The molecule has 1 aliphatic rings. The minimum absolute atomic E-state index is 0.146. The van der Waals surface area contributed by atoms with E-state index in [9.17, 15) is 9.59 Å². The first kappa shape index (κ1) is 22.5. The summed E-state index contributed by atoms with van der Waals surface area (Å²) in [5.74, 6) is -0.357. The molecule has 0 saturated carbocycles. The third-order valence-electron chi connectivity index (χ3n) is 5.10. The van der Waals surface area contributed by atoms with Gasteiger partial charge in [-0.1, -0.05) is 36.4 Å². The van der Waals surface area contributed by atoms with Crippen molar-refractivity contribution in [1.82, 2.24) is 15.5 Å². The standard InChI is InChI=1S/C23H31N3O3S/c1-17-15-26(16-18(2)29-17)12-7-11-24-22(27)20(14-19-8-4-3-5-9-19)25-23(28)21-10-6-13-30-21/h3-6,8-10,13,17-18,20H,7,11-12,14-16H2,1-2H3,(H,24,27)(H,25,28). The normalized spacial score (nSPS) is 20.5. The van der Waals surface area contributed by atoms with Crippen molar-refractivity contribution in [2.24, 2.45) is 0 Å². The van der Waals surface area contributed by atoms with Crippen molar-refractivity contribution in [3.63, 3.8) is 0 Å². The van der Waals surface area contributed by atoms with Crippen molar-refractivity contribution in [3.8, 4) is 0 Å². The van der Waals surface area contributed by atoms with Crippen molar-refractivity contribution < 1.29 is 14.3 Å². The second-order valence-electron chi connectivity index (χ2n) is 7.85. The van der Waals surface area contributed by atoms with Gasteiger partial charge in [0.25, 0.3) is 5.91 Å². The summed E-state index contributed by atoms with van der Waals surface area (Å²) in [5, 5.41) is 7.77. The van der Waals surface area contributed by atoms with E-state index in [0.29, 0.717) is 17.8 Å². The van der Waals surface area contributed by atoms with Crippen LogP contribution in [-0.4, -0.2) is 61.1 Å². The molecule has 0 bridgehead atoms. The molecule has 1 aromatic carbocycles. The summed E-state index contributed by atoms with van der Waals surface area (Å²) in [6.45, 7) is 7.53. The number of amides is 2. The van der Waals surface area contributed by atoms with Crippen LogP contribution < -0.4 is 10.6 Å². The van der Waals surface area contributed by atoms with E-state index < -0.39 is 6.04 Å². The van der Waals surface area contributed by atoms with E-state index in [2.05, 4.69) is 29.4 Å². The molecule has 0 spiro atoms. The number of carbonyl (C=O) groups is 2. The van der Waals surface area contributed by atoms with Gasteiger partial charge in [-0.15, -0.1) is 11.3 Å². The Morgan fingerprint density at radius 2 is 1.87 bits per heavy atom. The van der Waals surface area contributed by atoms with Gasteiger partial charge in [0.1, 0.15) is 6.04 Å². The minimum Gasteiger partial charge on any atom is -0.373 e. The Morgan fingerprint density at radius 1 is 1.13 bits per heavy atom. The number of thiophene rings is 1. The van der Waals surface area contributed by atoms with Gasteiger partial charge in [0.2, 0.25) is 5.91 Å². The lowest BCUT2D eigenvalue weighted by Gasteiger charge is -2.35. The summed E-state index contributed by atoms with van der Waals surface area (Å²) in [5.41, 5.74) is 1.01. The summed E-state index contributed by atoms with van der Waals surface area (Å²) in [6, 6.07) is 12.8. The van der Waals surface area contributed by atoms with E-state index in [1.807, 2.05) is 41.8 Å². The van der Waals surface area contributed by atoms with Gasteiger partial charge in [-0.05, 0) is 37.3 Å². The number of carbonyl (C=O) groups excluding carboxylic acids is 2. The maximum atomic E-state index is 12.9. The molecule has 7 heteroatoms. The number of rotatable bonds is 9. The van der Waals surface area contributed by atoms with E-state index in [-0.39, 0.29) is 24.0 Å². The lowest BCUT2D eigenvalue weighted by atomic mass is 10.0. The first-order chi connectivity index (χ1) is 14.5. The van der Waals surface area contributed by atoms with Crippen LogP contribution in [0.15, 0.2) is 47.8 Å². The summed E-state index contributed by atoms with van der Waals surface area (Å²) in [7, 11) is 0. The molecule has 1 saturated heterocycles. The van der Waals surface area contributed by atoms with Gasteiger partial charge in [0.15, 0.2) is 0 Å². The summed E-state index contributed by atoms with van der Waals surface area (Å²) >= 11 is 1.37. The maximum Gasteiger partial charge on any atom is 0.262 e. The third-order valence-corrected chi connectivity index (χ3v) is 5.96. The average molecular weight is 430 g/mol. The van der Waals surface area contributed by atoms with Gasteiger partial charge in [0, 0.05) is 32.6 Å². The fraction of sp³-hybridized carbons (Fsp3) is 0.478. The first-order valence-corrected chi connectivity index (χ1v) is 11.4. The van der Waals surface area contributed by atoms with Crippen LogP contribution in [0, 0.1) is 0 Å². The Morgan fingerprint density at radius 3 is 2.53 bits per heavy atom. The van der Waals surface area contributed by atoms with E-state index >= 15 is 0 Å². The number of hydrogen-bond donors (Lipinski definition) is 2. The molecule has 1 aliphatic heterocycles. The summed E-state index contributed by atoms with van der Waals surface area (Å²) < 4.78 is 5.77. The molecule has 0 radical (unpaired) electrons. The second-order valence-corrected chi connectivity index (χ2v) is 8.80. The van der Waals surface area contributed by atoms with Crippen LogP contribution >= 0.6 is 11.3 Å². The van der Waals surface area contributed by atoms with Crippen LogP contribution in [0.4, 0.5) is 0 Å². The molecule has 6 nitrogen and oxygen atoms in total. The van der Waals surface area contributed by atoms with Gasteiger partial charge in [-0.2, -0.15) is 0 Å². The summed E-state index contributed by atoms with van der Waals surface area (Å²) in [4.78, 5) is 28.3. The van der Waals surface area contributed by atoms with E-state index in [0.717, 1.165) is 31.6 Å². The molecule has 2 aromatic rings. The quantitative estimate of drug-likeness (QED) is 0.602. The molecule has 162 valence electrons. The molecular weight excluding hydrogens is 398 g/mol. The fourth-order valence-corrected chi connectivity index (χ4v) is 4.43. The highest BCUT2D eigenvalue weighted by Crippen LogP contribution is 2.11. The highest BCUT2D eigenvalue weighted by molar-refractivity contribution is 7.12. The Kier molecular flexibility index (Phi) is 8.42. The summed E-state index contributed by atoms with van der Waals surface area (Å²) in [6.07, 6.45) is 1.81. The van der Waals surface area contributed by atoms with Gasteiger partial charge >= 0.3 is 0 Å². The highest BCUT2D eigenvalue weighted by Gasteiger charge is 2.23. The maximum absolute atomic E-state index is 12.9. The van der Waals surface area contributed by atoms with Crippen LogP contribution in [-0.2, 0) is 16.0 Å². The molecule has 2 N–H and O–H groups in total. The number of nitrogens with one attached hydrogen (secondary N) is 2. The number of nitrogens with zero attached hydrogens (tertiary/aromatic N) is 1. The lowest BCUT2D eigenvalue weighted by molar-refractivity contribution is -0.123. The molecular formula is C23H31N3O3S. The number of ether oxygens (including phenoxy) is 1. The zero-order valence-corrected chi connectivity index (χ0v) is 18.5. The zero-order chi connectivity index (χ0) is 21.3. The van der Waals surface area contributed by atoms with E-state index in [1.54, 1.807) is 6.07 Å². The Labute approximate surface area is 182 Å². The average Bonchev–Trinajstić information content (AvgIpc) is 3.26. The first-order valence-electron chi connectivity index (χ1n) is 10.5. The Balaban J connectivity index is 1.51. The number of benzene rings is 1. The van der Waals surface area contributed by atoms with Crippen molar-refractivity contribution in [1.29, 1.82) is 0 Å². The van der Waals surface area contributed by atoms with Crippen molar-refractivity contribution in [2.75, 3.05) is 26.2 Å². The largest absolute Gasteiger partial charge is 0.373 e. The topological polar surface area (TPSA) is 70.7 Å². The SMILES string of the molecule is CC1CN(CCCNC(=O)C(Cc2ccccc2)NC(=O)c2cccs2)CC(C)O1. The highest BCUT2D eigenvalue weighted by atomic mass is 32.1. The molecule has 3 atom stereocenters. The Bertz CT molecular complexity index is 787. The van der Waals surface area contributed by atoms with Gasteiger partial charge in [0.05, 0.1) is 17.1 Å². The Hall–Kier alpha value is -2.22. The molecule has 1 aromatic heterocycles. The van der Waals surface area contributed by atoms with E-state index in [1.165, 1.54) is 11.3 Å². The van der Waals surface area contributed by atoms with Crippen LogP contribution in [0.1, 0.15) is 35.5 Å². The fourth-order valence-electron chi connectivity index (χ4n) is 3.80. The smallest absolute Gasteiger partial charge is 0.262 e. The lowest BCUT2D eigenvalue weighted by Crippen LogP contribution is -2.49. The minimum atomic E-state index is -0.606.